The molecule has 0 bridgehead atoms. The molecule has 0 saturated heterocycles. The Kier molecular flexibility index (Phi) is 4.59. The summed E-state index contributed by atoms with van der Waals surface area (Å²) in [4.78, 5) is 13.9. The molecule has 1 N–H and O–H groups in total. The van der Waals surface area contributed by atoms with Crippen molar-refractivity contribution in [2.45, 2.75) is 13.0 Å². The molecule has 0 fully saturated rings. The minimum Gasteiger partial charge on any atom is -0.466 e. The molecule has 0 aliphatic carbocycles. The van der Waals surface area contributed by atoms with Crippen molar-refractivity contribution < 1.29 is 18.3 Å². The molecular formula is C18H17FN2O3S. The van der Waals surface area contributed by atoms with Gasteiger partial charge in [0.05, 0.1) is 18.2 Å². The average Bonchev–Trinajstić information content (AvgIpc) is 3.09. The number of rotatable bonds is 3. The van der Waals surface area contributed by atoms with Crippen LogP contribution in [0.4, 0.5) is 4.39 Å². The maximum Gasteiger partial charge on any atom is 0.338 e. The van der Waals surface area contributed by atoms with Crippen LogP contribution >= 0.6 is 12.2 Å². The number of methoxy groups -OCH3 is 1. The van der Waals surface area contributed by atoms with E-state index in [9.17, 15) is 9.18 Å². The molecule has 3 rings (SSSR count). The van der Waals surface area contributed by atoms with Gasteiger partial charge in [-0.1, -0.05) is 12.1 Å². The molecule has 1 aromatic heterocycles. The molecule has 25 heavy (non-hydrogen) atoms. The molecule has 0 radical (unpaired) electrons. The van der Waals surface area contributed by atoms with Gasteiger partial charge in [0.15, 0.2) is 5.11 Å². The standard InChI is InChI=1S/C18H17FN2O3S/c1-10-15(17(22)23-3)16(20-18(25)21(10)2)14-9-8-13(24-14)11-6-4-5-7-12(11)19/h4-9,16H,1-3H3,(H,20,25)/t16-/m1/s1. The van der Waals surface area contributed by atoms with Crippen molar-refractivity contribution >= 4 is 23.3 Å². The number of nitrogens with one attached hydrogen (secondary N) is 1. The molecule has 2 heterocycles. The van der Waals surface area contributed by atoms with Crippen LogP contribution in [-0.2, 0) is 9.53 Å². The molecule has 1 atom stereocenters. The molecular weight excluding hydrogens is 343 g/mol. The average molecular weight is 360 g/mol. The molecule has 0 spiro atoms. The first-order valence-corrected chi connectivity index (χ1v) is 8.02. The number of furan rings is 1. The zero-order valence-electron chi connectivity index (χ0n) is 14.0. The van der Waals surface area contributed by atoms with Crippen molar-refractivity contribution in [1.29, 1.82) is 0 Å². The lowest BCUT2D eigenvalue weighted by atomic mass is 10.0. The van der Waals surface area contributed by atoms with Crippen molar-refractivity contribution in [3.63, 3.8) is 0 Å². The van der Waals surface area contributed by atoms with Gasteiger partial charge < -0.3 is 19.4 Å². The van der Waals surface area contributed by atoms with Crippen LogP contribution in [-0.4, -0.2) is 30.1 Å². The zero-order valence-corrected chi connectivity index (χ0v) is 14.8. The highest BCUT2D eigenvalue weighted by atomic mass is 32.1. The summed E-state index contributed by atoms with van der Waals surface area (Å²) in [7, 11) is 3.08. The first kappa shape index (κ1) is 17.2. The summed E-state index contributed by atoms with van der Waals surface area (Å²) in [5.74, 6) is -0.0292. The lowest BCUT2D eigenvalue weighted by molar-refractivity contribution is -0.136. The van der Waals surface area contributed by atoms with Gasteiger partial charge in [0, 0.05) is 12.7 Å². The Morgan fingerprint density at radius 3 is 2.72 bits per heavy atom. The van der Waals surface area contributed by atoms with Gasteiger partial charge in [0.1, 0.15) is 23.4 Å². The Bertz CT molecular complexity index is 875. The van der Waals surface area contributed by atoms with E-state index in [-0.39, 0.29) is 5.82 Å². The Labute approximate surface area is 150 Å². The molecule has 1 aliphatic heterocycles. The van der Waals surface area contributed by atoms with Crippen LogP contribution in [0.3, 0.4) is 0 Å². The summed E-state index contributed by atoms with van der Waals surface area (Å²) in [5.41, 5.74) is 1.42. The summed E-state index contributed by atoms with van der Waals surface area (Å²) in [5, 5.41) is 3.53. The van der Waals surface area contributed by atoms with Crippen LogP contribution in [0.15, 0.2) is 52.1 Å². The SMILES string of the molecule is COC(=O)C1=C(C)N(C)C(=S)N[C@@H]1c1ccc(-c2ccccc2F)o1. The van der Waals surface area contributed by atoms with Gasteiger partial charge in [-0.25, -0.2) is 9.18 Å². The van der Waals surface area contributed by atoms with E-state index in [4.69, 9.17) is 21.4 Å². The van der Waals surface area contributed by atoms with E-state index in [0.717, 1.165) is 0 Å². The second kappa shape index (κ2) is 6.68. The largest absolute Gasteiger partial charge is 0.466 e. The second-order valence-corrected chi connectivity index (χ2v) is 6.00. The maximum absolute atomic E-state index is 14.0. The first-order chi connectivity index (χ1) is 11.9. The molecule has 130 valence electrons. The highest BCUT2D eigenvalue weighted by Gasteiger charge is 2.35. The Morgan fingerprint density at radius 2 is 2.04 bits per heavy atom. The zero-order chi connectivity index (χ0) is 18.1. The third-order valence-electron chi connectivity index (χ3n) is 4.21. The van der Waals surface area contributed by atoms with Crippen molar-refractivity contribution in [3.05, 3.63) is 59.2 Å². The van der Waals surface area contributed by atoms with Gasteiger partial charge in [0.2, 0.25) is 0 Å². The smallest absolute Gasteiger partial charge is 0.338 e. The molecule has 1 aromatic carbocycles. The highest BCUT2D eigenvalue weighted by Crippen LogP contribution is 2.34. The van der Waals surface area contributed by atoms with Gasteiger partial charge in [-0.15, -0.1) is 0 Å². The van der Waals surface area contributed by atoms with Gasteiger partial charge in [-0.2, -0.15) is 0 Å². The number of hydrogen-bond acceptors (Lipinski definition) is 4. The fraction of sp³-hybridized carbons (Fsp3) is 0.222. The summed E-state index contributed by atoms with van der Waals surface area (Å²) < 4.78 is 24.7. The van der Waals surface area contributed by atoms with Gasteiger partial charge >= 0.3 is 5.97 Å². The minimum absolute atomic E-state index is 0.351. The molecule has 0 saturated carbocycles. The van der Waals surface area contributed by atoms with Crippen molar-refractivity contribution in [2.75, 3.05) is 14.2 Å². The number of allylic oxidation sites excluding steroid dienone is 1. The fourth-order valence-electron chi connectivity index (χ4n) is 2.74. The third kappa shape index (κ3) is 3.02. The quantitative estimate of drug-likeness (QED) is 0.669. The van der Waals surface area contributed by atoms with Gasteiger partial charge in [-0.05, 0) is 43.4 Å². The number of thiocarbonyl (C=S) groups is 1. The molecule has 5 nitrogen and oxygen atoms in total. The van der Waals surface area contributed by atoms with Crippen LogP contribution in [0.2, 0.25) is 0 Å². The summed E-state index contributed by atoms with van der Waals surface area (Å²) >= 11 is 5.31. The predicted octanol–water partition coefficient (Wildman–Crippen LogP) is 3.39. The summed E-state index contributed by atoms with van der Waals surface area (Å²) in [6, 6.07) is 9.10. The molecule has 7 heteroatoms. The van der Waals surface area contributed by atoms with Crippen LogP contribution in [0.5, 0.6) is 0 Å². The van der Waals surface area contributed by atoms with Crippen LogP contribution in [0, 0.1) is 5.82 Å². The number of carbonyl (C=O) groups is 1. The molecule has 2 aromatic rings. The lowest BCUT2D eigenvalue weighted by Crippen LogP contribution is -2.45. The van der Waals surface area contributed by atoms with E-state index in [1.807, 2.05) is 0 Å². The monoisotopic (exact) mass is 360 g/mol. The normalized spacial score (nSPS) is 17.5. The highest BCUT2D eigenvalue weighted by molar-refractivity contribution is 7.80. The van der Waals surface area contributed by atoms with Crippen LogP contribution < -0.4 is 5.32 Å². The fourth-order valence-corrected chi connectivity index (χ4v) is 2.99. The van der Waals surface area contributed by atoms with E-state index >= 15 is 0 Å². The topological polar surface area (TPSA) is 54.7 Å². The number of hydrogen-bond donors (Lipinski definition) is 1. The Balaban J connectivity index is 2.05. The minimum atomic E-state index is -0.600. The maximum atomic E-state index is 14.0. The van der Waals surface area contributed by atoms with E-state index < -0.39 is 12.0 Å². The number of carbonyl (C=O) groups excluding carboxylic acids is 1. The Hall–Kier alpha value is -2.67. The van der Waals surface area contributed by atoms with E-state index in [0.29, 0.717) is 33.5 Å². The lowest BCUT2D eigenvalue weighted by Gasteiger charge is -2.34. The predicted molar refractivity (Wildman–Crippen MR) is 95.1 cm³/mol. The van der Waals surface area contributed by atoms with Crippen LogP contribution in [0.25, 0.3) is 11.3 Å². The first-order valence-electron chi connectivity index (χ1n) is 7.62. The van der Waals surface area contributed by atoms with Gasteiger partial charge in [0.25, 0.3) is 0 Å². The Morgan fingerprint density at radius 1 is 1.32 bits per heavy atom. The number of nitrogens with zero attached hydrogens (tertiary/aromatic N) is 1. The summed E-state index contributed by atoms with van der Waals surface area (Å²) in [6.07, 6.45) is 0. The van der Waals surface area contributed by atoms with Crippen molar-refractivity contribution in [2.24, 2.45) is 0 Å². The van der Waals surface area contributed by atoms with Crippen molar-refractivity contribution in [1.82, 2.24) is 10.2 Å². The second-order valence-electron chi connectivity index (χ2n) is 5.61. The molecule has 0 amide bonds. The number of benzene rings is 1. The van der Waals surface area contributed by atoms with Crippen LogP contribution in [0.1, 0.15) is 18.7 Å². The van der Waals surface area contributed by atoms with E-state index in [1.54, 1.807) is 49.2 Å². The number of halogens is 1. The third-order valence-corrected chi connectivity index (χ3v) is 4.60. The number of ether oxygens (including phenoxy) is 1. The molecule has 0 unspecified atom stereocenters. The van der Waals surface area contributed by atoms with E-state index in [2.05, 4.69) is 5.32 Å². The van der Waals surface area contributed by atoms with Crippen molar-refractivity contribution in [3.8, 4) is 11.3 Å². The van der Waals surface area contributed by atoms with E-state index in [1.165, 1.54) is 13.2 Å². The molecule has 1 aliphatic rings. The number of esters is 1. The van der Waals surface area contributed by atoms with Gasteiger partial charge in [-0.3, -0.25) is 0 Å². The summed E-state index contributed by atoms with van der Waals surface area (Å²) in [6.45, 7) is 1.78.